The van der Waals surface area contributed by atoms with E-state index in [4.69, 9.17) is 16.7 Å². The zero-order valence-corrected chi connectivity index (χ0v) is 10.4. The fraction of sp³-hybridized carbons (Fsp3) is 0.0833. The van der Waals surface area contributed by atoms with Crippen LogP contribution >= 0.6 is 11.3 Å². The van der Waals surface area contributed by atoms with Gasteiger partial charge in [0.1, 0.15) is 6.07 Å². The molecule has 4 N–H and O–H groups in total. The third-order valence-electron chi connectivity index (χ3n) is 2.46. The van der Waals surface area contributed by atoms with Crippen molar-refractivity contribution in [3.63, 3.8) is 0 Å². The highest BCUT2D eigenvalue weighted by Gasteiger charge is 2.13. The molecule has 0 saturated carbocycles. The first-order valence-corrected chi connectivity index (χ1v) is 5.92. The quantitative estimate of drug-likeness (QED) is 0.597. The van der Waals surface area contributed by atoms with Crippen molar-refractivity contribution in [3.05, 3.63) is 34.2 Å². The van der Waals surface area contributed by atoms with Crippen molar-refractivity contribution in [1.29, 1.82) is 5.26 Å². The average Bonchev–Trinajstić information content (AvgIpc) is 2.72. The number of nitrogens with two attached hydrogens (primary N) is 2. The summed E-state index contributed by atoms with van der Waals surface area (Å²) in [6.07, 6.45) is 0. The lowest BCUT2D eigenvalue weighted by Gasteiger charge is -1.96. The summed E-state index contributed by atoms with van der Waals surface area (Å²) in [4.78, 5) is 15.6. The Hall–Kier alpha value is -2.39. The first kappa shape index (κ1) is 12.1. The summed E-state index contributed by atoms with van der Waals surface area (Å²) in [5.41, 5.74) is 11.8. The summed E-state index contributed by atoms with van der Waals surface area (Å²) in [5.74, 6) is -0.758. The zero-order valence-electron chi connectivity index (χ0n) is 9.60. The third kappa shape index (κ3) is 2.04. The van der Waals surface area contributed by atoms with Crippen molar-refractivity contribution in [2.45, 2.75) is 6.92 Å². The minimum atomic E-state index is -0.488. The van der Waals surface area contributed by atoms with E-state index >= 15 is 0 Å². The number of nitrogens with zero attached hydrogens (tertiary/aromatic N) is 2. The van der Waals surface area contributed by atoms with E-state index in [0.29, 0.717) is 10.4 Å². The molecule has 0 atom stereocenters. The highest BCUT2D eigenvalue weighted by molar-refractivity contribution is 7.20. The highest BCUT2D eigenvalue weighted by Crippen LogP contribution is 2.30. The van der Waals surface area contributed by atoms with Gasteiger partial charge in [0.05, 0.1) is 10.4 Å². The van der Waals surface area contributed by atoms with Gasteiger partial charge in [-0.3, -0.25) is 4.79 Å². The Morgan fingerprint density at radius 1 is 1.44 bits per heavy atom. The van der Waals surface area contributed by atoms with Crippen LogP contribution in [-0.2, 0) is 0 Å². The molecule has 1 aromatic heterocycles. The van der Waals surface area contributed by atoms with E-state index in [1.54, 1.807) is 6.07 Å². The summed E-state index contributed by atoms with van der Waals surface area (Å²) in [6, 6.07) is 7.53. The van der Waals surface area contributed by atoms with E-state index in [1.807, 2.05) is 19.1 Å². The van der Waals surface area contributed by atoms with Crippen molar-refractivity contribution in [2.75, 3.05) is 0 Å². The van der Waals surface area contributed by atoms with Gasteiger partial charge in [0, 0.05) is 10.1 Å². The lowest BCUT2D eigenvalue weighted by molar-refractivity contribution is 0.101. The number of benzene rings is 1. The van der Waals surface area contributed by atoms with Crippen LogP contribution in [0.1, 0.15) is 20.8 Å². The van der Waals surface area contributed by atoms with E-state index in [9.17, 15) is 4.79 Å². The molecule has 90 valence electrons. The van der Waals surface area contributed by atoms with Crippen LogP contribution in [0.4, 0.5) is 0 Å². The number of aryl methyl sites for hydroxylation is 1. The van der Waals surface area contributed by atoms with Gasteiger partial charge in [-0.15, -0.1) is 11.3 Å². The summed E-state index contributed by atoms with van der Waals surface area (Å²) in [6.45, 7) is 1.85. The summed E-state index contributed by atoms with van der Waals surface area (Å²) >= 11 is 1.27. The summed E-state index contributed by atoms with van der Waals surface area (Å²) < 4.78 is 0.867. The van der Waals surface area contributed by atoms with Gasteiger partial charge in [0.25, 0.3) is 5.91 Å². The molecule has 0 aliphatic carbocycles. The Bertz CT molecular complexity index is 705. The maximum Gasteiger partial charge on any atom is 0.290 e. The largest absolute Gasteiger partial charge is 0.370 e. The molecular weight excluding hydrogens is 248 g/mol. The second kappa shape index (κ2) is 4.47. The van der Waals surface area contributed by atoms with E-state index in [-0.39, 0.29) is 5.96 Å². The number of hydrogen-bond donors (Lipinski definition) is 2. The zero-order chi connectivity index (χ0) is 13.3. The SMILES string of the molecule is Cc1ccc2sc(C(=O)N=C(N)N)cc2c1C#N. The molecule has 0 fully saturated rings. The predicted octanol–water partition coefficient (Wildman–Crippen LogP) is 1.50. The lowest BCUT2D eigenvalue weighted by Crippen LogP contribution is -2.24. The highest BCUT2D eigenvalue weighted by atomic mass is 32.1. The Morgan fingerprint density at radius 2 is 2.17 bits per heavy atom. The molecular formula is C12H10N4OS. The van der Waals surface area contributed by atoms with Crippen LogP contribution in [0.5, 0.6) is 0 Å². The first-order chi connectivity index (χ1) is 8.52. The first-order valence-electron chi connectivity index (χ1n) is 5.10. The van der Waals surface area contributed by atoms with Gasteiger partial charge in [-0.25, -0.2) is 0 Å². The maximum absolute atomic E-state index is 11.7. The predicted molar refractivity (Wildman–Crippen MR) is 71.4 cm³/mol. The van der Waals surface area contributed by atoms with Gasteiger partial charge in [0.2, 0.25) is 0 Å². The number of carbonyl (C=O) groups is 1. The van der Waals surface area contributed by atoms with E-state index in [0.717, 1.165) is 15.6 Å². The summed E-state index contributed by atoms with van der Waals surface area (Å²) in [5, 5.41) is 9.87. The number of amides is 1. The molecule has 1 amide bonds. The van der Waals surface area contributed by atoms with Gasteiger partial charge in [-0.2, -0.15) is 10.3 Å². The molecule has 1 aromatic carbocycles. The number of aliphatic imine (C=N–C) groups is 1. The number of hydrogen-bond acceptors (Lipinski definition) is 3. The Balaban J connectivity index is 2.62. The van der Waals surface area contributed by atoms with Gasteiger partial charge < -0.3 is 11.5 Å². The second-order valence-corrected chi connectivity index (χ2v) is 4.82. The standard InChI is InChI=1S/C12H10N4OS/c1-6-2-3-9-7(8(6)5-13)4-10(18-9)11(17)16-12(14)15/h2-4H,1H3,(H4,14,15,16,17). The molecule has 1 heterocycles. The number of nitriles is 1. The average molecular weight is 258 g/mol. The monoisotopic (exact) mass is 258 g/mol. The van der Waals surface area contributed by atoms with E-state index < -0.39 is 5.91 Å². The minimum Gasteiger partial charge on any atom is -0.370 e. The van der Waals surface area contributed by atoms with Crippen LogP contribution in [0.25, 0.3) is 10.1 Å². The van der Waals surface area contributed by atoms with Crippen molar-refractivity contribution in [2.24, 2.45) is 16.5 Å². The van der Waals surface area contributed by atoms with E-state index in [2.05, 4.69) is 11.1 Å². The van der Waals surface area contributed by atoms with Gasteiger partial charge in [-0.1, -0.05) is 6.07 Å². The fourth-order valence-electron chi connectivity index (χ4n) is 1.65. The van der Waals surface area contributed by atoms with Crippen LogP contribution < -0.4 is 11.5 Å². The second-order valence-electron chi connectivity index (χ2n) is 3.73. The molecule has 2 rings (SSSR count). The van der Waals surface area contributed by atoms with Gasteiger partial charge in [0.15, 0.2) is 5.96 Å². The molecule has 0 radical (unpaired) electrons. The Morgan fingerprint density at radius 3 is 2.78 bits per heavy atom. The minimum absolute atomic E-state index is 0.269. The fourth-order valence-corrected chi connectivity index (χ4v) is 2.60. The molecule has 0 bridgehead atoms. The maximum atomic E-state index is 11.7. The Labute approximate surface area is 107 Å². The molecule has 0 saturated heterocycles. The number of carbonyl (C=O) groups excluding carboxylic acids is 1. The van der Waals surface area contributed by atoms with Crippen LogP contribution in [-0.4, -0.2) is 11.9 Å². The number of thiophene rings is 1. The molecule has 0 aliphatic heterocycles. The van der Waals surface area contributed by atoms with Crippen molar-refractivity contribution >= 4 is 33.3 Å². The normalized spacial score (nSPS) is 10.0. The van der Waals surface area contributed by atoms with Crippen molar-refractivity contribution in [3.8, 4) is 6.07 Å². The number of guanidine groups is 1. The molecule has 5 nitrogen and oxygen atoms in total. The van der Waals surface area contributed by atoms with Gasteiger partial charge in [-0.05, 0) is 24.6 Å². The van der Waals surface area contributed by atoms with E-state index in [1.165, 1.54) is 11.3 Å². The topological polar surface area (TPSA) is 105 Å². The molecule has 18 heavy (non-hydrogen) atoms. The van der Waals surface area contributed by atoms with Crippen molar-refractivity contribution < 1.29 is 4.79 Å². The number of fused-ring (bicyclic) bond motifs is 1. The molecule has 0 aliphatic rings. The third-order valence-corrected chi connectivity index (χ3v) is 3.55. The van der Waals surface area contributed by atoms with Gasteiger partial charge >= 0.3 is 0 Å². The van der Waals surface area contributed by atoms with Crippen LogP contribution in [0, 0.1) is 18.3 Å². The molecule has 2 aromatic rings. The summed E-state index contributed by atoms with van der Waals surface area (Å²) in [7, 11) is 0. The van der Waals surface area contributed by atoms with Crippen LogP contribution in [0.3, 0.4) is 0 Å². The molecule has 6 heteroatoms. The Kier molecular flexibility index (Phi) is 3.00. The molecule has 0 spiro atoms. The van der Waals surface area contributed by atoms with Crippen LogP contribution in [0.15, 0.2) is 23.2 Å². The lowest BCUT2D eigenvalue weighted by atomic mass is 10.1. The van der Waals surface area contributed by atoms with Crippen LogP contribution in [0.2, 0.25) is 0 Å². The number of rotatable bonds is 1. The van der Waals surface area contributed by atoms with Crippen molar-refractivity contribution in [1.82, 2.24) is 0 Å². The molecule has 0 unspecified atom stereocenters. The smallest absolute Gasteiger partial charge is 0.290 e.